The van der Waals surface area contributed by atoms with Crippen LogP contribution in [0.4, 0.5) is 13.2 Å². The highest BCUT2D eigenvalue weighted by molar-refractivity contribution is 5.71. The molecule has 1 aliphatic heterocycles. The maximum Gasteiger partial charge on any atom is 0.416 e. The zero-order valence-corrected chi connectivity index (χ0v) is 16.3. The molecule has 0 aliphatic carbocycles. The van der Waals surface area contributed by atoms with Crippen LogP contribution in [0.2, 0.25) is 0 Å². The Balaban J connectivity index is 2.28. The number of carboxylic acid groups (broad SMARTS) is 1. The second kappa shape index (κ2) is 9.09. The summed E-state index contributed by atoms with van der Waals surface area (Å²) in [6.45, 7) is 6.12. The first-order valence-corrected chi connectivity index (χ1v) is 9.29. The molecule has 1 aromatic rings. The van der Waals surface area contributed by atoms with Crippen molar-refractivity contribution in [3.8, 4) is 0 Å². The van der Waals surface area contributed by atoms with Crippen molar-refractivity contribution in [1.29, 1.82) is 0 Å². The van der Waals surface area contributed by atoms with E-state index in [1.807, 2.05) is 4.90 Å². The van der Waals surface area contributed by atoms with E-state index in [-0.39, 0.29) is 24.3 Å². The monoisotopic (exact) mass is 404 g/mol. The van der Waals surface area contributed by atoms with E-state index < -0.39 is 29.3 Å². The van der Waals surface area contributed by atoms with E-state index >= 15 is 0 Å². The van der Waals surface area contributed by atoms with Crippen LogP contribution in [0.25, 0.3) is 0 Å². The van der Waals surface area contributed by atoms with E-state index in [4.69, 9.17) is 4.74 Å². The molecule has 0 bridgehead atoms. The van der Waals surface area contributed by atoms with Crippen molar-refractivity contribution >= 4 is 5.97 Å². The summed E-state index contributed by atoms with van der Waals surface area (Å²) in [5.74, 6) is -0.882. The first-order chi connectivity index (χ1) is 13.0. The van der Waals surface area contributed by atoms with Gasteiger partial charge in [-0.1, -0.05) is 13.8 Å². The van der Waals surface area contributed by atoms with Crippen LogP contribution < -0.4 is 5.56 Å². The first-order valence-electron chi connectivity index (χ1n) is 9.29. The third-order valence-corrected chi connectivity index (χ3v) is 4.92. The van der Waals surface area contributed by atoms with Crippen LogP contribution in [-0.4, -0.2) is 53.9 Å². The van der Waals surface area contributed by atoms with Crippen LogP contribution in [0.1, 0.15) is 37.4 Å². The van der Waals surface area contributed by atoms with Crippen LogP contribution >= 0.6 is 0 Å². The number of aromatic nitrogens is 1. The minimum absolute atomic E-state index is 0.0300. The van der Waals surface area contributed by atoms with Crippen molar-refractivity contribution < 1.29 is 27.8 Å². The maximum atomic E-state index is 13.4. The second-order valence-electron chi connectivity index (χ2n) is 7.77. The predicted octanol–water partition coefficient (Wildman–Crippen LogP) is 2.66. The van der Waals surface area contributed by atoms with Gasteiger partial charge in [0.2, 0.25) is 0 Å². The second-order valence-corrected chi connectivity index (χ2v) is 7.77. The smallest absolute Gasteiger partial charge is 0.416 e. The largest absolute Gasteiger partial charge is 0.480 e. The number of alkyl halides is 3. The van der Waals surface area contributed by atoms with Crippen LogP contribution in [0.15, 0.2) is 17.1 Å². The number of aliphatic carboxylic acids is 1. The molecule has 2 heterocycles. The Morgan fingerprint density at radius 2 is 2.00 bits per heavy atom. The topological polar surface area (TPSA) is 71.8 Å². The number of pyridine rings is 1. The van der Waals surface area contributed by atoms with Crippen LogP contribution in [0.3, 0.4) is 0 Å². The molecule has 0 aromatic carbocycles. The van der Waals surface area contributed by atoms with Gasteiger partial charge in [-0.3, -0.25) is 4.79 Å². The van der Waals surface area contributed by atoms with Gasteiger partial charge in [0.15, 0.2) is 0 Å². The van der Waals surface area contributed by atoms with Gasteiger partial charge in [-0.05, 0) is 24.3 Å². The Morgan fingerprint density at radius 1 is 1.36 bits per heavy atom. The SMILES string of the molecule is COCC1CN(CCc2cn([C@@H](CC(C)C)C(=O)O)c(=O)cc2C(F)(F)F)C1. The van der Waals surface area contributed by atoms with Crippen molar-refractivity contribution in [1.82, 2.24) is 9.47 Å². The maximum absolute atomic E-state index is 13.4. The third-order valence-electron chi connectivity index (χ3n) is 4.92. The summed E-state index contributed by atoms with van der Waals surface area (Å²) < 4.78 is 46.2. The molecule has 0 radical (unpaired) electrons. The number of carbonyl (C=O) groups is 1. The van der Waals surface area contributed by atoms with E-state index in [1.165, 1.54) is 0 Å². The fourth-order valence-corrected chi connectivity index (χ4v) is 3.56. The molecule has 6 nitrogen and oxygen atoms in total. The summed E-state index contributed by atoms with van der Waals surface area (Å²) in [5.41, 5.74) is -2.00. The number of nitrogens with zero attached hydrogens (tertiary/aromatic N) is 2. The number of hydrogen-bond acceptors (Lipinski definition) is 4. The lowest BCUT2D eigenvalue weighted by Gasteiger charge is -2.39. The Labute approximate surface area is 161 Å². The van der Waals surface area contributed by atoms with Crippen LogP contribution in [0.5, 0.6) is 0 Å². The van der Waals surface area contributed by atoms with Gasteiger partial charge in [0.25, 0.3) is 5.56 Å². The van der Waals surface area contributed by atoms with Gasteiger partial charge in [0.05, 0.1) is 12.2 Å². The molecule has 0 spiro atoms. The minimum Gasteiger partial charge on any atom is -0.480 e. The molecule has 0 unspecified atom stereocenters. The summed E-state index contributed by atoms with van der Waals surface area (Å²) in [7, 11) is 1.61. The number of carboxylic acids is 1. The zero-order chi connectivity index (χ0) is 21.1. The van der Waals surface area contributed by atoms with E-state index in [0.29, 0.717) is 25.1 Å². The molecule has 1 N–H and O–H groups in total. The lowest BCUT2D eigenvalue weighted by molar-refractivity contribution is -0.141. The van der Waals surface area contributed by atoms with E-state index in [1.54, 1.807) is 21.0 Å². The van der Waals surface area contributed by atoms with Crippen molar-refractivity contribution in [3.05, 3.63) is 33.7 Å². The number of rotatable bonds is 9. The molecule has 0 saturated carbocycles. The number of likely N-dealkylation sites (tertiary alicyclic amines) is 1. The third kappa shape index (κ3) is 5.57. The van der Waals surface area contributed by atoms with Crippen LogP contribution in [0, 0.1) is 11.8 Å². The average Bonchev–Trinajstić information content (AvgIpc) is 2.54. The average molecular weight is 404 g/mol. The van der Waals surface area contributed by atoms with Gasteiger partial charge < -0.3 is 19.3 Å². The molecule has 1 saturated heterocycles. The number of halogens is 3. The molecule has 1 aliphatic rings. The molecular formula is C19H27F3N2O4. The number of methoxy groups -OCH3 is 1. The fourth-order valence-electron chi connectivity index (χ4n) is 3.56. The van der Waals surface area contributed by atoms with Crippen molar-refractivity contribution in [2.45, 2.75) is 38.9 Å². The van der Waals surface area contributed by atoms with Gasteiger partial charge in [-0.25, -0.2) is 4.79 Å². The van der Waals surface area contributed by atoms with Crippen molar-refractivity contribution in [2.24, 2.45) is 11.8 Å². The quantitative estimate of drug-likeness (QED) is 0.685. The van der Waals surface area contributed by atoms with Gasteiger partial charge >= 0.3 is 12.1 Å². The Morgan fingerprint density at radius 3 is 2.50 bits per heavy atom. The Bertz CT molecular complexity index is 740. The lowest BCUT2D eigenvalue weighted by atomic mass is 9.99. The molecule has 0 amide bonds. The van der Waals surface area contributed by atoms with Crippen molar-refractivity contribution in [2.75, 3.05) is 33.4 Å². The standard InChI is InChI=1S/C19H27F3N2O4/c1-12(2)6-16(18(26)27)24-10-14(15(7-17(24)25)19(20,21)22)4-5-23-8-13(9-23)11-28-3/h7,10,12-13,16H,4-6,8-9,11H2,1-3H3,(H,26,27)/t16-/m0/s1. The van der Waals surface area contributed by atoms with Gasteiger partial charge in [0, 0.05) is 44.9 Å². The Kier molecular flexibility index (Phi) is 7.28. The summed E-state index contributed by atoms with van der Waals surface area (Å²) in [5, 5.41) is 9.46. The van der Waals surface area contributed by atoms with Gasteiger partial charge in [-0.2, -0.15) is 13.2 Å². The summed E-state index contributed by atoms with van der Waals surface area (Å²) in [6, 6.07) is -0.668. The summed E-state index contributed by atoms with van der Waals surface area (Å²) in [6.07, 6.45) is -3.34. The molecule has 1 atom stereocenters. The molecule has 1 aromatic heterocycles. The molecule has 1 fully saturated rings. The summed E-state index contributed by atoms with van der Waals surface area (Å²) >= 11 is 0. The predicted molar refractivity (Wildman–Crippen MR) is 97.3 cm³/mol. The van der Waals surface area contributed by atoms with E-state index in [0.717, 1.165) is 23.9 Å². The highest BCUT2D eigenvalue weighted by Crippen LogP contribution is 2.32. The lowest BCUT2D eigenvalue weighted by Crippen LogP contribution is -2.49. The normalized spacial score (nSPS) is 17.0. The fraction of sp³-hybridized carbons (Fsp3) is 0.684. The van der Waals surface area contributed by atoms with E-state index in [2.05, 4.69) is 0 Å². The van der Waals surface area contributed by atoms with Gasteiger partial charge in [-0.15, -0.1) is 0 Å². The van der Waals surface area contributed by atoms with E-state index in [9.17, 15) is 27.9 Å². The van der Waals surface area contributed by atoms with Crippen molar-refractivity contribution in [3.63, 3.8) is 0 Å². The van der Waals surface area contributed by atoms with Gasteiger partial charge in [0.1, 0.15) is 6.04 Å². The minimum atomic E-state index is -4.67. The number of hydrogen-bond donors (Lipinski definition) is 1. The van der Waals surface area contributed by atoms with Crippen LogP contribution in [-0.2, 0) is 22.1 Å². The Hall–Kier alpha value is -1.87. The molecule has 28 heavy (non-hydrogen) atoms. The molecule has 9 heteroatoms. The molecular weight excluding hydrogens is 377 g/mol. The highest BCUT2D eigenvalue weighted by atomic mass is 19.4. The first kappa shape index (κ1) is 22.4. The molecule has 158 valence electrons. The molecule has 2 rings (SSSR count). The number of ether oxygens (including phenoxy) is 1. The summed E-state index contributed by atoms with van der Waals surface area (Å²) in [4.78, 5) is 25.9. The zero-order valence-electron chi connectivity index (χ0n) is 16.3. The highest BCUT2D eigenvalue weighted by Gasteiger charge is 2.36.